The monoisotopic (exact) mass is 471 g/mol. The molecular formula is C23H29N5O4S. The molecule has 33 heavy (non-hydrogen) atoms. The Morgan fingerprint density at radius 2 is 1.91 bits per heavy atom. The van der Waals surface area contributed by atoms with Crippen LogP contribution in [-0.2, 0) is 11.3 Å². The molecule has 0 atom stereocenters. The third-order valence-electron chi connectivity index (χ3n) is 5.70. The number of furan rings is 1. The van der Waals surface area contributed by atoms with Crippen molar-refractivity contribution in [2.75, 3.05) is 30.3 Å². The molecule has 3 aromatic rings. The molecule has 0 spiro atoms. The number of thioether (sulfide) groups is 1. The van der Waals surface area contributed by atoms with Gasteiger partial charge in [0.05, 0.1) is 36.3 Å². The molecule has 9 nitrogen and oxygen atoms in total. The maximum absolute atomic E-state index is 13.2. The molecule has 0 bridgehead atoms. The SMILES string of the molecule is CCOC(=O)c1c(C)[nH]c(C)c1C(=O)CSc1nnc(N2CCCCC2)n1Cc1ccco1. The average Bonchev–Trinajstić information content (AvgIpc) is 3.52. The molecule has 10 heteroatoms. The summed E-state index contributed by atoms with van der Waals surface area (Å²) in [7, 11) is 0. The van der Waals surface area contributed by atoms with E-state index >= 15 is 0 Å². The van der Waals surface area contributed by atoms with Crippen LogP contribution in [0.4, 0.5) is 5.95 Å². The highest BCUT2D eigenvalue weighted by molar-refractivity contribution is 7.99. The zero-order chi connectivity index (χ0) is 23.4. The number of aromatic amines is 1. The van der Waals surface area contributed by atoms with Crippen molar-refractivity contribution in [3.63, 3.8) is 0 Å². The van der Waals surface area contributed by atoms with Crippen molar-refractivity contribution >= 4 is 29.5 Å². The van der Waals surface area contributed by atoms with Crippen LogP contribution in [0.15, 0.2) is 28.0 Å². The highest BCUT2D eigenvalue weighted by atomic mass is 32.2. The number of carbonyl (C=O) groups excluding carboxylic acids is 2. The average molecular weight is 472 g/mol. The number of ether oxygens (including phenoxy) is 1. The van der Waals surface area contributed by atoms with E-state index < -0.39 is 5.97 Å². The maximum Gasteiger partial charge on any atom is 0.340 e. The summed E-state index contributed by atoms with van der Waals surface area (Å²) in [6, 6.07) is 3.77. The van der Waals surface area contributed by atoms with Crippen molar-refractivity contribution in [3.8, 4) is 0 Å². The van der Waals surface area contributed by atoms with Crippen molar-refractivity contribution in [3.05, 3.63) is 46.7 Å². The molecule has 3 aromatic heterocycles. The maximum atomic E-state index is 13.2. The molecule has 4 heterocycles. The van der Waals surface area contributed by atoms with Gasteiger partial charge in [0.15, 0.2) is 10.9 Å². The van der Waals surface area contributed by atoms with E-state index in [0.717, 1.165) is 37.6 Å². The van der Waals surface area contributed by atoms with Crippen molar-refractivity contribution in [2.24, 2.45) is 0 Å². The van der Waals surface area contributed by atoms with Crippen LogP contribution in [0.2, 0.25) is 0 Å². The summed E-state index contributed by atoms with van der Waals surface area (Å²) in [5.41, 5.74) is 1.98. The number of Topliss-reactive ketones (excluding diaryl/α,β-unsaturated/α-hetero) is 1. The van der Waals surface area contributed by atoms with Crippen molar-refractivity contribution in [1.82, 2.24) is 19.7 Å². The summed E-state index contributed by atoms with van der Waals surface area (Å²) in [4.78, 5) is 31.0. The van der Waals surface area contributed by atoms with E-state index in [4.69, 9.17) is 9.15 Å². The number of anilines is 1. The van der Waals surface area contributed by atoms with Crippen molar-refractivity contribution in [2.45, 2.75) is 51.7 Å². The lowest BCUT2D eigenvalue weighted by Crippen LogP contribution is -2.32. The molecule has 0 saturated carbocycles. The zero-order valence-corrected chi connectivity index (χ0v) is 20.0. The van der Waals surface area contributed by atoms with Gasteiger partial charge in [0.2, 0.25) is 5.95 Å². The van der Waals surface area contributed by atoms with Gasteiger partial charge in [0, 0.05) is 24.5 Å². The van der Waals surface area contributed by atoms with E-state index in [1.54, 1.807) is 27.0 Å². The van der Waals surface area contributed by atoms with Gasteiger partial charge < -0.3 is 19.0 Å². The predicted molar refractivity (Wildman–Crippen MR) is 125 cm³/mol. The second-order valence-corrected chi connectivity index (χ2v) is 9.00. The van der Waals surface area contributed by atoms with Crippen molar-refractivity contribution < 1.29 is 18.7 Å². The number of carbonyl (C=O) groups is 2. The number of aromatic nitrogens is 4. The standard InChI is InChI=1S/C23H29N5O4S/c1-4-31-21(30)20-16(3)24-15(2)19(20)18(29)14-33-23-26-25-22(27-10-6-5-7-11-27)28(23)13-17-9-8-12-32-17/h8-9,12,24H,4-7,10-11,13-14H2,1-3H3. The second kappa shape index (κ2) is 10.3. The van der Waals surface area contributed by atoms with Crippen LogP contribution in [0.25, 0.3) is 0 Å². The molecule has 1 fully saturated rings. The van der Waals surface area contributed by atoms with E-state index in [0.29, 0.717) is 34.2 Å². The number of aryl methyl sites for hydroxylation is 2. The van der Waals surface area contributed by atoms with Gasteiger partial charge in [0.1, 0.15) is 5.76 Å². The molecule has 0 aromatic carbocycles. The fourth-order valence-corrected chi connectivity index (χ4v) is 5.01. The molecule has 176 valence electrons. The van der Waals surface area contributed by atoms with Gasteiger partial charge in [-0.1, -0.05) is 11.8 Å². The minimum Gasteiger partial charge on any atom is -0.467 e. The number of hydrogen-bond acceptors (Lipinski definition) is 8. The highest BCUT2D eigenvalue weighted by Gasteiger charge is 2.27. The molecule has 1 aliphatic rings. The number of ketones is 1. The van der Waals surface area contributed by atoms with Gasteiger partial charge in [0.25, 0.3) is 0 Å². The number of rotatable bonds is 9. The van der Waals surface area contributed by atoms with E-state index in [9.17, 15) is 9.59 Å². The summed E-state index contributed by atoms with van der Waals surface area (Å²) in [5.74, 6) is 1.07. The largest absolute Gasteiger partial charge is 0.467 e. The van der Waals surface area contributed by atoms with Crippen LogP contribution in [0, 0.1) is 13.8 Å². The first-order valence-corrected chi connectivity index (χ1v) is 12.2. The smallest absolute Gasteiger partial charge is 0.340 e. The van der Waals surface area contributed by atoms with Gasteiger partial charge >= 0.3 is 5.97 Å². The summed E-state index contributed by atoms with van der Waals surface area (Å²) < 4.78 is 12.7. The highest BCUT2D eigenvalue weighted by Crippen LogP contribution is 2.28. The van der Waals surface area contributed by atoms with Crippen LogP contribution >= 0.6 is 11.8 Å². The Kier molecular flexibility index (Phi) is 7.22. The summed E-state index contributed by atoms with van der Waals surface area (Å²) in [5, 5.41) is 9.48. The third-order valence-corrected chi connectivity index (χ3v) is 6.66. The Balaban J connectivity index is 1.57. The van der Waals surface area contributed by atoms with E-state index in [-0.39, 0.29) is 18.1 Å². The number of piperidine rings is 1. The van der Waals surface area contributed by atoms with Gasteiger partial charge in [-0.3, -0.25) is 9.36 Å². The zero-order valence-electron chi connectivity index (χ0n) is 19.2. The molecule has 4 rings (SSSR count). The van der Waals surface area contributed by atoms with E-state index in [1.807, 2.05) is 16.7 Å². The van der Waals surface area contributed by atoms with Crippen LogP contribution < -0.4 is 4.90 Å². The summed E-state index contributed by atoms with van der Waals surface area (Å²) >= 11 is 1.31. The molecular weight excluding hydrogens is 442 g/mol. The first-order chi connectivity index (χ1) is 16.0. The Morgan fingerprint density at radius 1 is 1.15 bits per heavy atom. The van der Waals surface area contributed by atoms with Gasteiger partial charge in [-0.25, -0.2) is 4.79 Å². The molecule has 1 N–H and O–H groups in total. The summed E-state index contributed by atoms with van der Waals surface area (Å²) in [6.45, 7) is 7.92. The number of esters is 1. The van der Waals surface area contributed by atoms with Gasteiger partial charge in [-0.05, 0) is 52.2 Å². The van der Waals surface area contributed by atoms with Crippen LogP contribution in [-0.4, -0.2) is 57.0 Å². The third kappa shape index (κ3) is 5.00. The molecule has 1 aliphatic heterocycles. The fourth-order valence-electron chi connectivity index (χ4n) is 4.20. The first-order valence-electron chi connectivity index (χ1n) is 11.2. The molecule has 0 unspecified atom stereocenters. The van der Waals surface area contributed by atoms with E-state index in [2.05, 4.69) is 20.1 Å². The minimum absolute atomic E-state index is 0.126. The Morgan fingerprint density at radius 3 is 2.61 bits per heavy atom. The summed E-state index contributed by atoms with van der Waals surface area (Å²) in [6.07, 6.45) is 5.11. The van der Waals surface area contributed by atoms with Crippen LogP contribution in [0.3, 0.4) is 0 Å². The predicted octanol–water partition coefficient (Wildman–Crippen LogP) is 4.01. The molecule has 0 amide bonds. The number of hydrogen-bond donors (Lipinski definition) is 1. The molecule has 0 aliphatic carbocycles. The topological polar surface area (TPSA) is 106 Å². The van der Waals surface area contributed by atoms with Crippen LogP contribution in [0.5, 0.6) is 0 Å². The number of nitrogens with zero attached hydrogens (tertiary/aromatic N) is 4. The Labute approximate surface area is 196 Å². The van der Waals surface area contributed by atoms with Crippen molar-refractivity contribution in [1.29, 1.82) is 0 Å². The number of H-pyrrole nitrogens is 1. The number of nitrogens with one attached hydrogen (secondary N) is 1. The minimum atomic E-state index is -0.485. The van der Waals surface area contributed by atoms with E-state index in [1.165, 1.54) is 18.2 Å². The lowest BCUT2D eigenvalue weighted by molar-refractivity contribution is 0.0522. The van der Waals surface area contributed by atoms with Gasteiger partial charge in [-0.15, -0.1) is 10.2 Å². The quantitative estimate of drug-likeness (QED) is 0.283. The van der Waals surface area contributed by atoms with Gasteiger partial charge in [-0.2, -0.15) is 0 Å². The Hall–Kier alpha value is -3.01. The lowest BCUT2D eigenvalue weighted by Gasteiger charge is -2.27. The molecule has 0 radical (unpaired) electrons. The second-order valence-electron chi connectivity index (χ2n) is 8.05. The molecule has 1 saturated heterocycles. The Bertz CT molecular complexity index is 1110. The van der Waals surface area contributed by atoms with Crippen LogP contribution in [0.1, 0.15) is 64.1 Å². The fraction of sp³-hybridized carbons (Fsp3) is 0.478. The first kappa shape index (κ1) is 23.2. The normalized spacial score (nSPS) is 14.0. The lowest BCUT2D eigenvalue weighted by atomic mass is 10.1.